The number of thioether (sulfide) groups is 1. The summed E-state index contributed by atoms with van der Waals surface area (Å²) in [4.78, 5) is 12.6. The van der Waals surface area contributed by atoms with E-state index in [-0.39, 0.29) is 0 Å². The fourth-order valence-electron chi connectivity index (χ4n) is 1.51. The number of hydrogen-bond donors (Lipinski definition) is 1. The zero-order chi connectivity index (χ0) is 14.5. The van der Waals surface area contributed by atoms with E-state index in [2.05, 4.69) is 5.32 Å². The molecule has 1 N–H and O–H groups in total. The van der Waals surface area contributed by atoms with E-state index in [1.165, 1.54) is 0 Å². The smallest absolute Gasteiger partial charge is 0.412 e. The van der Waals surface area contributed by atoms with Gasteiger partial charge in [0, 0.05) is 10.6 Å². The van der Waals surface area contributed by atoms with Gasteiger partial charge in [0.2, 0.25) is 0 Å². The summed E-state index contributed by atoms with van der Waals surface area (Å²) in [5.74, 6) is 0. The number of aryl methyl sites for hydroxylation is 1. The molecule has 0 aromatic heterocycles. The standard InChI is InChI=1S/C14H18N2O2S/c1-5-10-8-11(19-9-15)6-7-12(10)16-13(17)18-14(2,3)4/h6-8H,5H2,1-4H3,(H,16,17). The highest BCUT2D eigenvalue weighted by Gasteiger charge is 2.17. The van der Waals surface area contributed by atoms with Gasteiger partial charge in [-0.3, -0.25) is 5.32 Å². The number of nitriles is 1. The van der Waals surface area contributed by atoms with Gasteiger partial charge in [0.25, 0.3) is 0 Å². The van der Waals surface area contributed by atoms with Gasteiger partial charge in [-0.2, -0.15) is 5.26 Å². The van der Waals surface area contributed by atoms with Gasteiger partial charge in [-0.05, 0) is 62.7 Å². The number of hydrogen-bond acceptors (Lipinski definition) is 4. The third-order valence-corrected chi connectivity index (χ3v) is 2.84. The Bertz CT molecular complexity index is 501. The van der Waals surface area contributed by atoms with Crippen LogP contribution in [0.25, 0.3) is 0 Å². The molecule has 0 saturated carbocycles. The molecule has 0 fully saturated rings. The second-order valence-electron chi connectivity index (χ2n) is 4.99. The lowest BCUT2D eigenvalue weighted by Gasteiger charge is -2.20. The Hall–Kier alpha value is -1.67. The maximum Gasteiger partial charge on any atom is 0.412 e. The van der Waals surface area contributed by atoms with Gasteiger partial charge in [0.1, 0.15) is 11.0 Å². The summed E-state index contributed by atoms with van der Waals surface area (Å²) in [6, 6.07) is 5.50. The molecule has 0 heterocycles. The van der Waals surface area contributed by atoms with Gasteiger partial charge < -0.3 is 4.74 Å². The van der Waals surface area contributed by atoms with Crippen LogP contribution in [0, 0.1) is 10.7 Å². The molecule has 0 bridgehead atoms. The molecular formula is C14H18N2O2S. The number of rotatable bonds is 3. The van der Waals surface area contributed by atoms with Crippen molar-refractivity contribution in [3.8, 4) is 5.40 Å². The van der Waals surface area contributed by atoms with Gasteiger partial charge in [-0.25, -0.2) is 4.79 Å². The minimum absolute atomic E-state index is 0.470. The largest absolute Gasteiger partial charge is 0.444 e. The predicted octanol–water partition coefficient (Wildman–Crippen LogP) is 4.17. The Balaban J connectivity index is 2.84. The van der Waals surface area contributed by atoms with Crippen molar-refractivity contribution in [2.24, 2.45) is 0 Å². The first-order chi connectivity index (χ1) is 8.85. The maximum atomic E-state index is 11.7. The molecule has 0 spiro atoms. The predicted molar refractivity (Wildman–Crippen MR) is 77.1 cm³/mol. The number of amides is 1. The lowest BCUT2D eigenvalue weighted by atomic mass is 10.1. The number of anilines is 1. The fourth-order valence-corrected chi connectivity index (χ4v) is 1.96. The van der Waals surface area contributed by atoms with Crippen molar-refractivity contribution in [1.82, 2.24) is 0 Å². The van der Waals surface area contributed by atoms with Crippen LogP contribution in [-0.2, 0) is 11.2 Å². The van der Waals surface area contributed by atoms with Crippen LogP contribution < -0.4 is 5.32 Å². The molecule has 1 rings (SSSR count). The van der Waals surface area contributed by atoms with Gasteiger partial charge in [-0.1, -0.05) is 6.92 Å². The molecule has 0 saturated heterocycles. The van der Waals surface area contributed by atoms with Crippen LogP contribution in [0.1, 0.15) is 33.3 Å². The number of nitrogens with zero attached hydrogens (tertiary/aromatic N) is 1. The Kier molecular flexibility index (Phi) is 5.25. The molecule has 1 aromatic rings. The molecule has 102 valence electrons. The molecular weight excluding hydrogens is 260 g/mol. The summed E-state index contributed by atoms with van der Waals surface area (Å²) in [5.41, 5.74) is 1.18. The second kappa shape index (κ2) is 6.48. The number of benzene rings is 1. The van der Waals surface area contributed by atoms with Crippen LogP contribution in [0.15, 0.2) is 23.1 Å². The van der Waals surface area contributed by atoms with Crippen molar-refractivity contribution >= 4 is 23.5 Å². The highest BCUT2D eigenvalue weighted by Crippen LogP contribution is 2.25. The van der Waals surface area contributed by atoms with E-state index in [9.17, 15) is 4.79 Å². The lowest BCUT2D eigenvalue weighted by Crippen LogP contribution is -2.27. The van der Waals surface area contributed by atoms with Crippen LogP contribution in [0.3, 0.4) is 0 Å². The summed E-state index contributed by atoms with van der Waals surface area (Å²) in [6.45, 7) is 7.45. The zero-order valence-electron chi connectivity index (χ0n) is 11.6. The normalized spacial score (nSPS) is 10.7. The van der Waals surface area contributed by atoms with Crippen molar-refractivity contribution in [3.05, 3.63) is 23.8 Å². The quantitative estimate of drug-likeness (QED) is 0.666. The van der Waals surface area contributed by atoms with E-state index in [0.29, 0.717) is 0 Å². The van der Waals surface area contributed by atoms with Crippen molar-refractivity contribution in [2.45, 2.75) is 44.6 Å². The molecule has 4 nitrogen and oxygen atoms in total. The number of carbonyl (C=O) groups excluding carboxylic acids is 1. The molecule has 5 heteroatoms. The second-order valence-corrected chi connectivity index (χ2v) is 5.85. The van der Waals surface area contributed by atoms with E-state index >= 15 is 0 Å². The molecule has 0 aliphatic heterocycles. The highest BCUT2D eigenvalue weighted by atomic mass is 32.2. The number of ether oxygens (including phenoxy) is 1. The monoisotopic (exact) mass is 278 g/mol. The summed E-state index contributed by atoms with van der Waals surface area (Å²) in [7, 11) is 0. The van der Waals surface area contributed by atoms with Gasteiger partial charge in [0.05, 0.1) is 0 Å². The summed E-state index contributed by atoms with van der Waals surface area (Å²) in [6.07, 6.45) is 0.299. The van der Waals surface area contributed by atoms with Gasteiger partial charge in [-0.15, -0.1) is 0 Å². The molecule has 0 aliphatic rings. The third kappa shape index (κ3) is 5.23. The van der Waals surface area contributed by atoms with Crippen molar-refractivity contribution < 1.29 is 9.53 Å². The van der Waals surface area contributed by atoms with Gasteiger partial charge >= 0.3 is 6.09 Å². The van der Waals surface area contributed by atoms with Crippen molar-refractivity contribution in [3.63, 3.8) is 0 Å². The Morgan fingerprint density at radius 1 is 1.47 bits per heavy atom. The fraction of sp³-hybridized carbons (Fsp3) is 0.429. The first-order valence-corrected chi connectivity index (χ1v) is 6.86. The maximum absolute atomic E-state index is 11.7. The zero-order valence-corrected chi connectivity index (χ0v) is 12.4. The first kappa shape index (κ1) is 15.4. The summed E-state index contributed by atoms with van der Waals surface area (Å²) < 4.78 is 5.21. The van der Waals surface area contributed by atoms with E-state index < -0.39 is 11.7 Å². The molecule has 0 aliphatic carbocycles. The van der Waals surface area contributed by atoms with E-state index in [1.54, 1.807) is 12.1 Å². The highest BCUT2D eigenvalue weighted by molar-refractivity contribution is 8.03. The average molecular weight is 278 g/mol. The summed E-state index contributed by atoms with van der Waals surface area (Å²) >= 11 is 1.10. The minimum Gasteiger partial charge on any atom is -0.444 e. The Morgan fingerprint density at radius 3 is 2.68 bits per heavy atom. The van der Waals surface area contributed by atoms with E-state index in [0.717, 1.165) is 34.3 Å². The van der Waals surface area contributed by atoms with E-state index in [4.69, 9.17) is 10.00 Å². The topological polar surface area (TPSA) is 62.1 Å². The minimum atomic E-state index is -0.521. The third-order valence-electron chi connectivity index (χ3n) is 2.26. The number of thiocyanates is 1. The molecule has 0 radical (unpaired) electrons. The molecule has 0 unspecified atom stereocenters. The van der Waals surface area contributed by atoms with Crippen LogP contribution in [-0.4, -0.2) is 11.7 Å². The summed E-state index contributed by atoms with van der Waals surface area (Å²) in [5, 5.41) is 13.4. The van der Waals surface area contributed by atoms with Crippen LogP contribution in [0.4, 0.5) is 10.5 Å². The Morgan fingerprint density at radius 2 is 2.16 bits per heavy atom. The number of carbonyl (C=O) groups is 1. The van der Waals surface area contributed by atoms with Crippen LogP contribution in [0.2, 0.25) is 0 Å². The number of nitrogens with one attached hydrogen (secondary N) is 1. The van der Waals surface area contributed by atoms with Crippen molar-refractivity contribution in [2.75, 3.05) is 5.32 Å². The Labute approximate surface area is 118 Å². The molecule has 0 atom stereocenters. The lowest BCUT2D eigenvalue weighted by molar-refractivity contribution is 0.0636. The van der Waals surface area contributed by atoms with E-state index in [1.807, 2.05) is 39.2 Å². The van der Waals surface area contributed by atoms with Crippen LogP contribution in [0.5, 0.6) is 0 Å². The van der Waals surface area contributed by atoms with Gasteiger partial charge in [0.15, 0.2) is 0 Å². The SMILES string of the molecule is CCc1cc(SC#N)ccc1NC(=O)OC(C)(C)C. The molecule has 19 heavy (non-hydrogen) atoms. The molecule has 1 aromatic carbocycles. The average Bonchev–Trinajstić information content (AvgIpc) is 2.29. The first-order valence-electron chi connectivity index (χ1n) is 6.04. The van der Waals surface area contributed by atoms with Crippen molar-refractivity contribution in [1.29, 1.82) is 5.26 Å². The van der Waals surface area contributed by atoms with Crippen LogP contribution >= 0.6 is 11.8 Å². The molecule has 1 amide bonds.